The summed E-state index contributed by atoms with van der Waals surface area (Å²) in [5.74, 6) is -0.374. The first-order valence-corrected chi connectivity index (χ1v) is 5.92. The van der Waals surface area contributed by atoms with Gasteiger partial charge in [-0.25, -0.2) is 0 Å². The van der Waals surface area contributed by atoms with Gasteiger partial charge in [-0.05, 0) is 25.0 Å². The van der Waals surface area contributed by atoms with E-state index in [-0.39, 0.29) is 29.4 Å². The minimum atomic E-state index is -0.599. The van der Waals surface area contributed by atoms with Gasteiger partial charge in [0.05, 0.1) is 16.6 Å². The SMILES string of the molecule is Cc1cc(C(=O)N2CC[C@@H](O)C2)c(N)c([N+](=O)[O-])c1. The molecule has 1 amide bonds. The molecule has 1 fully saturated rings. The van der Waals surface area contributed by atoms with E-state index in [0.29, 0.717) is 18.5 Å². The number of carbonyl (C=O) groups is 1. The molecule has 1 aromatic carbocycles. The first-order chi connectivity index (χ1) is 8.90. The van der Waals surface area contributed by atoms with Gasteiger partial charge in [0, 0.05) is 19.2 Å². The van der Waals surface area contributed by atoms with E-state index in [0.717, 1.165) is 0 Å². The molecule has 1 heterocycles. The summed E-state index contributed by atoms with van der Waals surface area (Å²) in [5, 5.41) is 20.3. The third-order valence-corrected chi connectivity index (χ3v) is 3.18. The normalized spacial score (nSPS) is 18.6. The van der Waals surface area contributed by atoms with E-state index in [4.69, 9.17) is 5.73 Å². The van der Waals surface area contributed by atoms with Gasteiger partial charge in [0.25, 0.3) is 11.6 Å². The van der Waals surface area contributed by atoms with Crippen molar-refractivity contribution in [2.75, 3.05) is 18.8 Å². The maximum absolute atomic E-state index is 12.3. The number of aliphatic hydroxyl groups excluding tert-OH is 1. The Morgan fingerprint density at radius 1 is 1.58 bits per heavy atom. The number of carbonyl (C=O) groups excluding carboxylic acids is 1. The number of aliphatic hydroxyl groups is 1. The second-order valence-corrected chi connectivity index (χ2v) is 4.70. The number of hydrogen-bond donors (Lipinski definition) is 2. The molecule has 0 radical (unpaired) electrons. The van der Waals surface area contributed by atoms with Gasteiger partial charge in [0.2, 0.25) is 0 Å². The number of nitrogens with zero attached hydrogens (tertiary/aromatic N) is 2. The van der Waals surface area contributed by atoms with Crippen LogP contribution in [0.2, 0.25) is 0 Å². The van der Waals surface area contributed by atoms with Crippen molar-refractivity contribution in [3.63, 3.8) is 0 Å². The highest BCUT2D eigenvalue weighted by Crippen LogP contribution is 2.28. The van der Waals surface area contributed by atoms with Gasteiger partial charge in [-0.15, -0.1) is 0 Å². The van der Waals surface area contributed by atoms with Gasteiger partial charge in [-0.2, -0.15) is 0 Å². The molecule has 7 heteroatoms. The van der Waals surface area contributed by atoms with Crippen molar-refractivity contribution in [3.8, 4) is 0 Å². The van der Waals surface area contributed by atoms with Crippen LogP contribution in [0.5, 0.6) is 0 Å². The molecule has 0 spiro atoms. The summed E-state index contributed by atoms with van der Waals surface area (Å²) in [7, 11) is 0. The molecular formula is C12H15N3O4. The van der Waals surface area contributed by atoms with Gasteiger partial charge in [-0.1, -0.05) is 0 Å². The Labute approximate surface area is 109 Å². The number of amides is 1. The molecule has 2 rings (SSSR count). The Morgan fingerprint density at radius 3 is 2.79 bits per heavy atom. The second-order valence-electron chi connectivity index (χ2n) is 4.70. The summed E-state index contributed by atoms with van der Waals surface area (Å²) in [6.07, 6.45) is -0.0236. The van der Waals surface area contributed by atoms with Crippen molar-refractivity contribution in [3.05, 3.63) is 33.4 Å². The lowest BCUT2D eigenvalue weighted by molar-refractivity contribution is -0.384. The molecule has 0 aliphatic carbocycles. The molecule has 19 heavy (non-hydrogen) atoms. The van der Waals surface area contributed by atoms with Crippen LogP contribution in [0.25, 0.3) is 0 Å². The topological polar surface area (TPSA) is 110 Å². The molecule has 102 valence electrons. The van der Waals surface area contributed by atoms with Gasteiger partial charge < -0.3 is 15.7 Å². The van der Waals surface area contributed by atoms with Crippen LogP contribution < -0.4 is 5.73 Å². The van der Waals surface area contributed by atoms with Crippen LogP contribution in [-0.2, 0) is 0 Å². The number of likely N-dealkylation sites (tertiary alicyclic amines) is 1. The standard InChI is InChI=1S/C12H15N3O4/c1-7-4-9(11(13)10(5-7)15(18)19)12(17)14-3-2-8(16)6-14/h4-5,8,16H,2-3,6,13H2,1H3/t8-/m1/s1. The molecule has 1 aromatic rings. The molecule has 1 aliphatic rings. The van der Waals surface area contributed by atoms with E-state index in [1.165, 1.54) is 17.0 Å². The zero-order valence-corrected chi connectivity index (χ0v) is 10.5. The van der Waals surface area contributed by atoms with Crippen LogP contribution in [0.1, 0.15) is 22.3 Å². The fourth-order valence-electron chi connectivity index (χ4n) is 2.20. The van der Waals surface area contributed by atoms with E-state index < -0.39 is 11.0 Å². The lowest BCUT2D eigenvalue weighted by Gasteiger charge is -2.17. The average molecular weight is 265 g/mol. The molecule has 1 atom stereocenters. The summed E-state index contributed by atoms with van der Waals surface area (Å²) in [5.41, 5.74) is 6.05. The van der Waals surface area contributed by atoms with Gasteiger partial charge in [-0.3, -0.25) is 14.9 Å². The Hall–Kier alpha value is -2.15. The highest BCUT2D eigenvalue weighted by molar-refractivity contribution is 6.01. The van der Waals surface area contributed by atoms with Gasteiger partial charge in [0.1, 0.15) is 5.69 Å². The molecule has 1 aliphatic heterocycles. The number of benzene rings is 1. The van der Waals surface area contributed by atoms with Crippen molar-refractivity contribution in [2.45, 2.75) is 19.4 Å². The molecule has 0 aromatic heterocycles. The maximum Gasteiger partial charge on any atom is 0.293 e. The highest BCUT2D eigenvalue weighted by atomic mass is 16.6. The monoisotopic (exact) mass is 265 g/mol. The van der Waals surface area contributed by atoms with Crippen molar-refractivity contribution < 1.29 is 14.8 Å². The van der Waals surface area contributed by atoms with Crippen LogP contribution in [0, 0.1) is 17.0 Å². The van der Waals surface area contributed by atoms with E-state index in [9.17, 15) is 20.0 Å². The number of anilines is 1. The lowest BCUT2D eigenvalue weighted by atomic mass is 10.1. The van der Waals surface area contributed by atoms with Crippen molar-refractivity contribution in [1.29, 1.82) is 0 Å². The van der Waals surface area contributed by atoms with Crippen LogP contribution >= 0.6 is 0 Å². The summed E-state index contributed by atoms with van der Waals surface area (Å²) in [6.45, 7) is 2.34. The number of aryl methyl sites for hydroxylation is 1. The smallest absolute Gasteiger partial charge is 0.293 e. The molecule has 0 bridgehead atoms. The van der Waals surface area contributed by atoms with Gasteiger partial charge >= 0.3 is 0 Å². The zero-order valence-electron chi connectivity index (χ0n) is 10.5. The summed E-state index contributed by atoms with van der Waals surface area (Å²) >= 11 is 0. The molecule has 0 unspecified atom stereocenters. The van der Waals surface area contributed by atoms with Crippen molar-refractivity contribution >= 4 is 17.3 Å². The molecule has 1 saturated heterocycles. The van der Waals surface area contributed by atoms with E-state index >= 15 is 0 Å². The minimum absolute atomic E-state index is 0.123. The average Bonchev–Trinajstić information content (AvgIpc) is 2.77. The number of nitrogen functional groups attached to an aromatic ring is 1. The Kier molecular flexibility index (Phi) is 3.39. The summed E-state index contributed by atoms with van der Waals surface area (Å²) in [6, 6.07) is 2.88. The number of hydrogen-bond acceptors (Lipinski definition) is 5. The number of nitrogens with two attached hydrogens (primary N) is 1. The Balaban J connectivity index is 2.39. The number of β-amino-alcohol motifs (C(OH)–C–C–N with tert-alkyl or cyclic N) is 1. The fraction of sp³-hybridized carbons (Fsp3) is 0.417. The largest absolute Gasteiger partial charge is 0.393 e. The van der Waals surface area contributed by atoms with Crippen LogP contribution in [0.4, 0.5) is 11.4 Å². The van der Waals surface area contributed by atoms with Crippen LogP contribution in [0.3, 0.4) is 0 Å². The summed E-state index contributed by atoms with van der Waals surface area (Å²) < 4.78 is 0. The predicted molar refractivity (Wildman–Crippen MR) is 68.8 cm³/mol. The van der Waals surface area contributed by atoms with Crippen LogP contribution in [-0.4, -0.2) is 40.0 Å². The molecule has 3 N–H and O–H groups in total. The number of rotatable bonds is 2. The van der Waals surface area contributed by atoms with Gasteiger partial charge in [0.15, 0.2) is 0 Å². The molecule has 0 saturated carbocycles. The zero-order chi connectivity index (χ0) is 14.2. The Bertz CT molecular complexity index is 544. The number of nitro benzene ring substituents is 1. The van der Waals surface area contributed by atoms with E-state index in [1.807, 2.05) is 0 Å². The predicted octanol–water partition coefficient (Wildman–Crippen LogP) is 0.692. The summed E-state index contributed by atoms with van der Waals surface area (Å²) in [4.78, 5) is 24.0. The fourth-order valence-corrected chi connectivity index (χ4v) is 2.20. The third-order valence-electron chi connectivity index (χ3n) is 3.18. The van der Waals surface area contributed by atoms with Crippen LogP contribution in [0.15, 0.2) is 12.1 Å². The Morgan fingerprint density at radius 2 is 2.26 bits per heavy atom. The minimum Gasteiger partial charge on any atom is -0.393 e. The van der Waals surface area contributed by atoms with E-state index in [2.05, 4.69) is 0 Å². The number of nitro groups is 1. The van der Waals surface area contributed by atoms with Crippen molar-refractivity contribution in [2.24, 2.45) is 0 Å². The van der Waals surface area contributed by atoms with E-state index in [1.54, 1.807) is 6.92 Å². The second kappa shape index (κ2) is 4.85. The molecular weight excluding hydrogens is 250 g/mol. The quantitative estimate of drug-likeness (QED) is 0.464. The molecule has 7 nitrogen and oxygen atoms in total. The lowest BCUT2D eigenvalue weighted by Crippen LogP contribution is -2.30. The highest BCUT2D eigenvalue weighted by Gasteiger charge is 2.29. The third kappa shape index (κ3) is 2.50. The first kappa shape index (κ1) is 13.3. The first-order valence-electron chi connectivity index (χ1n) is 5.92. The maximum atomic E-state index is 12.3. The van der Waals surface area contributed by atoms with Crippen molar-refractivity contribution in [1.82, 2.24) is 4.90 Å².